The van der Waals surface area contributed by atoms with Crippen LogP contribution < -0.4 is 5.32 Å². The second-order valence-corrected chi connectivity index (χ2v) is 5.09. The molecular formula is C17H31NO3. The summed E-state index contributed by atoms with van der Waals surface area (Å²) >= 11 is 0. The summed E-state index contributed by atoms with van der Waals surface area (Å²) < 4.78 is 10.7. The fourth-order valence-corrected chi connectivity index (χ4v) is 1.82. The lowest BCUT2D eigenvalue weighted by Gasteiger charge is -2.21. The maximum atomic E-state index is 11.2. The Morgan fingerprint density at radius 1 is 1.05 bits per heavy atom. The molecule has 0 saturated carbocycles. The summed E-state index contributed by atoms with van der Waals surface area (Å²) in [6, 6.07) is 0.207. The summed E-state index contributed by atoms with van der Waals surface area (Å²) in [6.45, 7) is 14.8. The van der Waals surface area contributed by atoms with Crippen molar-refractivity contribution in [3.8, 4) is 0 Å². The molecule has 0 rings (SSSR count). The molecule has 0 aliphatic carbocycles. The van der Waals surface area contributed by atoms with Gasteiger partial charge in [-0.05, 0) is 6.42 Å². The standard InChI is InChI=1S/C17H31NO3/c1-6-9-14(4)18-16(10-12-20-15(5)7-2)11-13-21-17(19)8-3/h16,18H,4-13H2,1-3H3. The zero-order valence-electron chi connectivity index (χ0n) is 13.9. The molecule has 4 nitrogen and oxygen atoms in total. The van der Waals surface area contributed by atoms with Crippen molar-refractivity contribution in [1.29, 1.82) is 0 Å². The van der Waals surface area contributed by atoms with Crippen LogP contribution in [-0.2, 0) is 14.3 Å². The molecular weight excluding hydrogens is 266 g/mol. The molecule has 0 fully saturated rings. The van der Waals surface area contributed by atoms with E-state index in [0.29, 0.717) is 19.6 Å². The molecule has 1 N–H and O–H groups in total. The maximum Gasteiger partial charge on any atom is 0.305 e. The molecule has 21 heavy (non-hydrogen) atoms. The Morgan fingerprint density at radius 3 is 2.19 bits per heavy atom. The van der Waals surface area contributed by atoms with Crippen molar-refractivity contribution >= 4 is 5.97 Å². The monoisotopic (exact) mass is 297 g/mol. The van der Waals surface area contributed by atoms with E-state index in [4.69, 9.17) is 9.47 Å². The van der Waals surface area contributed by atoms with Gasteiger partial charge in [-0.15, -0.1) is 0 Å². The average Bonchev–Trinajstić information content (AvgIpc) is 2.46. The molecule has 0 heterocycles. The Morgan fingerprint density at radius 2 is 1.67 bits per heavy atom. The normalized spacial score (nSPS) is 11.6. The molecule has 0 spiro atoms. The van der Waals surface area contributed by atoms with Crippen LogP contribution in [0.1, 0.15) is 59.3 Å². The fourth-order valence-electron chi connectivity index (χ4n) is 1.82. The third-order valence-corrected chi connectivity index (χ3v) is 3.14. The van der Waals surface area contributed by atoms with Gasteiger partial charge in [0.05, 0.1) is 19.0 Å². The lowest BCUT2D eigenvalue weighted by atomic mass is 10.1. The number of rotatable bonds is 13. The summed E-state index contributed by atoms with van der Waals surface area (Å²) in [6.07, 6.45) is 4.86. The van der Waals surface area contributed by atoms with E-state index in [-0.39, 0.29) is 12.0 Å². The predicted octanol–water partition coefficient (Wildman–Crippen LogP) is 3.93. The molecule has 0 aliphatic heterocycles. The van der Waals surface area contributed by atoms with Gasteiger partial charge in [-0.25, -0.2) is 0 Å². The molecule has 0 bridgehead atoms. The van der Waals surface area contributed by atoms with Crippen LogP contribution in [0.2, 0.25) is 0 Å². The Balaban J connectivity index is 4.16. The number of hydrogen-bond donors (Lipinski definition) is 1. The van der Waals surface area contributed by atoms with Crippen molar-refractivity contribution in [1.82, 2.24) is 5.32 Å². The Hall–Kier alpha value is -1.45. The first-order valence-electron chi connectivity index (χ1n) is 7.93. The van der Waals surface area contributed by atoms with Crippen LogP contribution in [0.5, 0.6) is 0 Å². The van der Waals surface area contributed by atoms with E-state index in [1.54, 1.807) is 6.92 Å². The number of carbonyl (C=O) groups is 1. The summed E-state index contributed by atoms with van der Waals surface area (Å²) in [7, 11) is 0. The van der Waals surface area contributed by atoms with Gasteiger partial charge in [-0.3, -0.25) is 4.79 Å². The van der Waals surface area contributed by atoms with Crippen molar-refractivity contribution in [2.24, 2.45) is 0 Å². The zero-order chi connectivity index (χ0) is 16.1. The van der Waals surface area contributed by atoms with Crippen molar-refractivity contribution in [3.63, 3.8) is 0 Å². The van der Waals surface area contributed by atoms with Crippen molar-refractivity contribution in [2.75, 3.05) is 13.2 Å². The quantitative estimate of drug-likeness (QED) is 0.413. The van der Waals surface area contributed by atoms with Crippen molar-refractivity contribution < 1.29 is 14.3 Å². The van der Waals surface area contributed by atoms with E-state index in [1.165, 1.54) is 0 Å². The summed E-state index contributed by atoms with van der Waals surface area (Å²) in [5.74, 6) is 0.648. The van der Waals surface area contributed by atoms with Crippen molar-refractivity contribution in [2.45, 2.75) is 65.3 Å². The minimum Gasteiger partial charge on any atom is -0.498 e. The van der Waals surface area contributed by atoms with Crippen molar-refractivity contribution in [3.05, 3.63) is 24.6 Å². The third-order valence-electron chi connectivity index (χ3n) is 3.14. The van der Waals surface area contributed by atoms with E-state index >= 15 is 0 Å². The van der Waals surface area contributed by atoms with Gasteiger partial charge in [0.2, 0.25) is 0 Å². The number of allylic oxidation sites excluding steroid dienone is 2. The summed E-state index contributed by atoms with van der Waals surface area (Å²) in [5, 5.41) is 3.41. The van der Waals surface area contributed by atoms with Crippen LogP contribution >= 0.6 is 0 Å². The van der Waals surface area contributed by atoms with Gasteiger partial charge in [0.1, 0.15) is 0 Å². The van der Waals surface area contributed by atoms with Gasteiger partial charge in [0.15, 0.2) is 0 Å². The van der Waals surface area contributed by atoms with Gasteiger partial charge in [0, 0.05) is 37.4 Å². The number of hydrogen-bond acceptors (Lipinski definition) is 4. The summed E-state index contributed by atoms with van der Waals surface area (Å²) in [4.78, 5) is 11.2. The van der Waals surface area contributed by atoms with E-state index in [0.717, 1.165) is 43.6 Å². The van der Waals surface area contributed by atoms with Gasteiger partial charge < -0.3 is 14.8 Å². The lowest BCUT2D eigenvalue weighted by molar-refractivity contribution is -0.143. The minimum atomic E-state index is -0.156. The van der Waals surface area contributed by atoms with Crippen LogP contribution in [0, 0.1) is 0 Å². The van der Waals surface area contributed by atoms with Gasteiger partial charge in [0.25, 0.3) is 0 Å². The molecule has 0 aromatic carbocycles. The first-order chi connectivity index (χ1) is 10.0. The van der Waals surface area contributed by atoms with Crippen LogP contribution in [0.4, 0.5) is 0 Å². The molecule has 122 valence electrons. The van der Waals surface area contributed by atoms with E-state index < -0.39 is 0 Å². The van der Waals surface area contributed by atoms with E-state index in [9.17, 15) is 4.79 Å². The molecule has 1 atom stereocenters. The number of ether oxygens (including phenoxy) is 2. The van der Waals surface area contributed by atoms with E-state index in [2.05, 4.69) is 25.4 Å². The highest BCUT2D eigenvalue weighted by Gasteiger charge is 2.11. The second-order valence-electron chi connectivity index (χ2n) is 5.09. The van der Waals surface area contributed by atoms with Crippen LogP contribution in [0.3, 0.4) is 0 Å². The molecule has 0 aliphatic rings. The molecule has 1 unspecified atom stereocenters. The maximum absolute atomic E-state index is 11.2. The Labute approximate surface area is 129 Å². The Bertz CT molecular complexity index is 304. The topological polar surface area (TPSA) is 47.6 Å². The third kappa shape index (κ3) is 10.9. The molecule has 0 saturated heterocycles. The minimum absolute atomic E-state index is 0.156. The lowest BCUT2D eigenvalue weighted by Crippen LogP contribution is -2.31. The van der Waals surface area contributed by atoms with Crippen LogP contribution in [0.15, 0.2) is 24.6 Å². The van der Waals surface area contributed by atoms with Gasteiger partial charge in [-0.1, -0.05) is 40.3 Å². The first kappa shape index (κ1) is 19.6. The van der Waals surface area contributed by atoms with Crippen LogP contribution in [0.25, 0.3) is 0 Å². The smallest absolute Gasteiger partial charge is 0.305 e. The second kappa shape index (κ2) is 12.3. The Kier molecular flexibility index (Phi) is 11.5. The number of carbonyl (C=O) groups excluding carboxylic acids is 1. The first-order valence-corrected chi connectivity index (χ1v) is 7.93. The highest BCUT2D eigenvalue weighted by molar-refractivity contribution is 5.68. The molecule has 0 aromatic heterocycles. The SMILES string of the molecule is C=C(CCC)NC(CCOC(=C)CC)CCOC(=O)CC. The van der Waals surface area contributed by atoms with E-state index in [1.807, 2.05) is 6.92 Å². The molecule has 0 aromatic rings. The molecule has 4 heteroatoms. The number of nitrogens with one attached hydrogen (secondary N) is 1. The highest BCUT2D eigenvalue weighted by atomic mass is 16.5. The molecule has 0 amide bonds. The van der Waals surface area contributed by atoms with Gasteiger partial charge >= 0.3 is 5.97 Å². The molecule has 0 radical (unpaired) electrons. The highest BCUT2D eigenvalue weighted by Crippen LogP contribution is 2.08. The van der Waals surface area contributed by atoms with Crippen LogP contribution in [-0.4, -0.2) is 25.2 Å². The largest absolute Gasteiger partial charge is 0.498 e. The zero-order valence-corrected chi connectivity index (χ0v) is 13.9. The van der Waals surface area contributed by atoms with Gasteiger partial charge in [-0.2, -0.15) is 0 Å². The summed E-state index contributed by atoms with van der Waals surface area (Å²) in [5.41, 5.74) is 1.03. The predicted molar refractivity (Wildman–Crippen MR) is 86.8 cm³/mol. The average molecular weight is 297 g/mol. The fraction of sp³-hybridized carbons (Fsp3) is 0.706. The number of esters is 1.